The van der Waals surface area contributed by atoms with Crippen LogP contribution in [0.1, 0.15) is 51.8 Å². The fourth-order valence-corrected chi connectivity index (χ4v) is 5.04. The maximum atomic E-state index is 13.2. The van der Waals surface area contributed by atoms with Crippen LogP contribution in [0.25, 0.3) is 0 Å². The summed E-state index contributed by atoms with van der Waals surface area (Å²) in [5.41, 5.74) is 3.15. The molecule has 1 N–H and O–H groups in total. The van der Waals surface area contributed by atoms with Crippen molar-refractivity contribution < 1.29 is 14.3 Å². The molecule has 1 aromatic heterocycles. The first-order chi connectivity index (χ1) is 14.5. The molecule has 1 spiro atoms. The highest BCUT2D eigenvalue weighted by atomic mass is 16.6. The van der Waals surface area contributed by atoms with E-state index in [4.69, 9.17) is 4.74 Å². The van der Waals surface area contributed by atoms with Crippen LogP contribution < -0.4 is 5.32 Å². The third-order valence-electron chi connectivity index (χ3n) is 6.49. The minimum atomic E-state index is -0.412. The van der Waals surface area contributed by atoms with Crippen LogP contribution in [0.2, 0.25) is 0 Å². The highest BCUT2D eigenvalue weighted by Crippen LogP contribution is 2.45. The zero-order chi connectivity index (χ0) is 20.9. The first kappa shape index (κ1) is 18.6. The molecule has 0 radical (unpaired) electrons. The third kappa shape index (κ3) is 2.89. The second-order valence-electron chi connectivity index (χ2n) is 8.36. The van der Waals surface area contributed by atoms with E-state index < -0.39 is 5.60 Å². The topological polar surface area (TPSA) is 108 Å². The lowest BCUT2D eigenvalue weighted by Crippen LogP contribution is -2.51. The summed E-state index contributed by atoms with van der Waals surface area (Å²) in [6, 6.07) is 9.62. The van der Waals surface area contributed by atoms with Gasteiger partial charge in [-0.05, 0) is 37.3 Å². The molecule has 1 saturated carbocycles. The molecule has 152 valence electrons. The number of aromatic nitrogens is 2. The number of nitrogens with zero attached hydrogens (tertiary/aromatic N) is 4. The summed E-state index contributed by atoms with van der Waals surface area (Å²) in [5.74, 6) is 0.271. The van der Waals surface area contributed by atoms with E-state index in [-0.39, 0.29) is 24.0 Å². The van der Waals surface area contributed by atoms with Gasteiger partial charge in [0.1, 0.15) is 23.7 Å². The Kier molecular flexibility index (Phi) is 4.21. The predicted octanol–water partition coefficient (Wildman–Crippen LogP) is 2.28. The number of benzene rings is 1. The van der Waals surface area contributed by atoms with Gasteiger partial charge in [0.05, 0.1) is 12.6 Å². The number of nitriles is 1. The summed E-state index contributed by atoms with van der Waals surface area (Å²) >= 11 is 0. The van der Waals surface area contributed by atoms with Crippen molar-refractivity contribution in [3.05, 3.63) is 58.7 Å². The third-order valence-corrected chi connectivity index (χ3v) is 6.49. The molecular formula is C22H21N5O3. The van der Waals surface area contributed by atoms with Crippen molar-refractivity contribution in [1.29, 1.82) is 5.26 Å². The van der Waals surface area contributed by atoms with Crippen molar-refractivity contribution >= 4 is 12.0 Å². The van der Waals surface area contributed by atoms with E-state index in [1.165, 1.54) is 6.33 Å². The Morgan fingerprint density at radius 3 is 2.83 bits per heavy atom. The minimum absolute atomic E-state index is 0.00565. The second kappa shape index (κ2) is 6.80. The van der Waals surface area contributed by atoms with Gasteiger partial charge in [0.15, 0.2) is 0 Å². The quantitative estimate of drug-likeness (QED) is 0.839. The predicted molar refractivity (Wildman–Crippen MR) is 105 cm³/mol. The Labute approximate surface area is 173 Å². The van der Waals surface area contributed by atoms with E-state index in [9.17, 15) is 14.9 Å². The van der Waals surface area contributed by atoms with E-state index in [2.05, 4.69) is 21.4 Å². The van der Waals surface area contributed by atoms with Gasteiger partial charge in [0.25, 0.3) is 5.91 Å². The fraction of sp³-hybridized carbons (Fsp3) is 0.409. The fourth-order valence-electron chi connectivity index (χ4n) is 5.04. The number of carbonyl (C=O) groups excluding carboxylic acids is 2. The number of aryl methyl sites for hydroxylation is 1. The number of ether oxygens (including phenoxy) is 1. The van der Waals surface area contributed by atoms with Gasteiger partial charge in [-0.3, -0.25) is 4.79 Å². The number of alkyl carbamates (subject to hydrolysis) is 1. The Morgan fingerprint density at radius 2 is 2.10 bits per heavy atom. The SMILES string of the molecule is Cc1ncnc(C#N)c1C[C@H]1c2ccccc2C(=O)N1CC1CC2(CNC(=O)O2)C1. The Hall–Kier alpha value is -3.47. The maximum Gasteiger partial charge on any atom is 0.407 e. The summed E-state index contributed by atoms with van der Waals surface area (Å²) in [6.07, 6.45) is 3.02. The number of carbonyl (C=O) groups is 2. The van der Waals surface area contributed by atoms with E-state index in [1.807, 2.05) is 36.1 Å². The normalized spacial score (nSPS) is 26.7. The Balaban J connectivity index is 1.41. The zero-order valence-electron chi connectivity index (χ0n) is 16.6. The van der Waals surface area contributed by atoms with Gasteiger partial charge in [0, 0.05) is 29.8 Å². The maximum absolute atomic E-state index is 13.2. The minimum Gasteiger partial charge on any atom is -0.441 e. The molecule has 8 heteroatoms. The average Bonchev–Trinajstić information content (AvgIpc) is 3.23. The van der Waals surface area contributed by atoms with E-state index in [0.29, 0.717) is 30.8 Å². The first-order valence-corrected chi connectivity index (χ1v) is 10.1. The molecule has 8 nitrogen and oxygen atoms in total. The molecule has 30 heavy (non-hydrogen) atoms. The standard InChI is InChI=1S/C22H21N5O3/c1-13-17(18(9-23)26-12-25-13)6-19-15-4-2-3-5-16(15)20(28)27(19)10-14-7-22(8-14)11-24-21(29)30-22/h2-5,12,14,19H,6-8,10-11H2,1H3,(H,24,29)/t14?,19-,22?/m0/s1. The van der Waals surface area contributed by atoms with Crippen molar-refractivity contribution in [3.8, 4) is 6.07 Å². The lowest BCUT2D eigenvalue weighted by molar-refractivity contribution is -0.0554. The molecule has 1 saturated heterocycles. The molecular weight excluding hydrogens is 382 g/mol. The van der Waals surface area contributed by atoms with Gasteiger partial charge >= 0.3 is 6.09 Å². The van der Waals surface area contributed by atoms with Crippen LogP contribution in [-0.2, 0) is 11.2 Å². The number of hydrogen-bond donors (Lipinski definition) is 1. The molecule has 5 rings (SSSR count). The van der Waals surface area contributed by atoms with Gasteiger partial charge in [-0.25, -0.2) is 14.8 Å². The second-order valence-corrected chi connectivity index (χ2v) is 8.36. The summed E-state index contributed by atoms with van der Waals surface area (Å²) in [7, 11) is 0. The number of fused-ring (bicyclic) bond motifs is 1. The number of rotatable bonds is 4. The van der Waals surface area contributed by atoms with Gasteiger partial charge in [-0.2, -0.15) is 5.26 Å². The van der Waals surface area contributed by atoms with Crippen LogP contribution in [0.5, 0.6) is 0 Å². The van der Waals surface area contributed by atoms with Crippen LogP contribution in [0.4, 0.5) is 4.79 Å². The van der Waals surface area contributed by atoms with Gasteiger partial charge in [-0.1, -0.05) is 18.2 Å². The summed E-state index contributed by atoms with van der Waals surface area (Å²) in [5, 5.41) is 12.2. The van der Waals surface area contributed by atoms with Crippen LogP contribution in [0.15, 0.2) is 30.6 Å². The smallest absolute Gasteiger partial charge is 0.407 e. The lowest BCUT2D eigenvalue weighted by atomic mass is 9.70. The summed E-state index contributed by atoms with van der Waals surface area (Å²) in [4.78, 5) is 34.9. The molecule has 1 aliphatic carbocycles. The van der Waals surface area contributed by atoms with E-state index in [1.54, 1.807) is 0 Å². The molecule has 0 bridgehead atoms. The Bertz CT molecular complexity index is 1090. The monoisotopic (exact) mass is 403 g/mol. The highest BCUT2D eigenvalue weighted by Gasteiger charge is 2.52. The van der Waals surface area contributed by atoms with Crippen LogP contribution in [0.3, 0.4) is 0 Å². The first-order valence-electron chi connectivity index (χ1n) is 10.1. The molecule has 3 heterocycles. The molecule has 1 atom stereocenters. The van der Waals surface area contributed by atoms with Crippen LogP contribution >= 0.6 is 0 Å². The van der Waals surface area contributed by atoms with Gasteiger partial charge in [-0.15, -0.1) is 0 Å². The van der Waals surface area contributed by atoms with Crippen LogP contribution in [-0.4, -0.2) is 45.6 Å². The van der Waals surface area contributed by atoms with Gasteiger partial charge in [0.2, 0.25) is 0 Å². The molecule has 1 aromatic carbocycles. The zero-order valence-corrected chi connectivity index (χ0v) is 16.6. The largest absolute Gasteiger partial charge is 0.441 e. The van der Waals surface area contributed by atoms with E-state index >= 15 is 0 Å². The Morgan fingerprint density at radius 1 is 1.30 bits per heavy atom. The molecule has 0 unspecified atom stereocenters. The van der Waals surface area contributed by atoms with Crippen molar-refractivity contribution in [2.75, 3.05) is 13.1 Å². The summed E-state index contributed by atoms with van der Waals surface area (Å²) < 4.78 is 5.43. The van der Waals surface area contributed by atoms with E-state index in [0.717, 1.165) is 29.7 Å². The highest BCUT2D eigenvalue weighted by molar-refractivity contribution is 5.99. The lowest BCUT2D eigenvalue weighted by Gasteiger charge is -2.44. The molecule has 2 aromatic rings. The van der Waals surface area contributed by atoms with Crippen molar-refractivity contribution in [3.63, 3.8) is 0 Å². The van der Waals surface area contributed by atoms with Crippen LogP contribution in [0, 0.1) is 24.2 Å². The molecule has 2 amide bonds. The van der Waals surface area contributed by atoms with Crippen molar-refractivity contribution in [2.45, 2.75) is 37.8 Å². The average molecular weight is 403 g/mol. The molecule has 3 aliphatic rings. The summed E-state index contributed by atoms with van der Waals surface area (Å²) in [6.45, 7) is 2.99. The van der Waals surface area contributed by atoms with Gasteiger partial charge < -0.3 is 15.0 Å². The molecule has 2 fully saturated rings. The number of amides is 2. The van der Waals surface area contributed by atoms with Crippen molar-refractivity contribution in [2.24, 2.45) is 5.92 Å². The molecule has 2 aliphatic heterocycles. The van der Waals surface area contributed by atoms with Crippen molar-refractivity contribution in [1.82, 2.24) is 20.2 Å². The number of nitrogens with one attached hydrogen (secondary N) is 1. The number of hydrogen-bond acceptors (Lipinski definition) is 6.